The van der Waals surface area contributed by atoms with Crippen LogP contribution >= 0.6 is 0 Å². The summed E-state index contributed by atoms with van der Waals surface area (Å²) in [7, 11) is 0. The van der Waals surface area contributed by atoms with Gasteiger partial charge in [-0.2, -0.15) is 0 Å². The molecule has 1 fully saturated rings. The number of halogens is 1. The Kier molecular flexibility index (Phi) is 8.92. The van der Waals surface area contributed by atoms with E-state index in [-0.39, 0.29) is 17.6 Å². The van der Waals surface area contributed by atoms with Crippen molar-refractivity contribution in [1.29, 1.82) is 0 Å². The molecular weight excluding hydrogens is 491 g/mol. The van der Waals surface area contributed by atoms with E-state index in [0.29, 0.717) is 30.4 Å². The molecule has 39 heavy (non-hydrogen) atoms. The molecule has 0 spiro atoms. The average Bonchev–Trinajstić information content (AvgIpc) is 2.94. The van der Waals surface area contributed by atoms with E-state index in [1.807, 2.05) is 30.3 Å². The number of anilines is 1. The van der Waals surface area contributed by atoms with Crippen molar-refractivity contribution in [3.8, 4) is 17.2 Å². The fourth-order valence-electron chi connectivity index (χ4n) is 6.09. The highest BCUT2D eigenvalue weighted by Gasteiger charge is 2.24. The Labute approximate surface area is 231 Å². The normalized spacial score (nSPS) is 18.4. The first-order valence-electron chi connectivity index (χ1n) is 14.5. The molecule has 0 aromatic heterocycles. The maximum absolute atomic E-state index is 14.9. The second-order valence-corrected chi connectivity index (χ2v) is 11.1. The van der Waals surface area contributed by atoms with Crippen LogP contribution in [0.25, 0.3) is 0 Å². The number of nitrogens with one attached hydrogen (secondary N) is 1. The molecule has 2 atom stereocenters. The highest BCUT2D eigenvalue weighted by Crippen LogP contribution is 2.38. The Balaban J connectivity index is 1.23. The molecule has 0 bridgehead atoms. The van der Waals surface area contributed by atoms with Gasteiger partial charge in [0.05, 0.1) is 0 Å². The zero-order valence-corrected chi connectivity index (χ0v) is 23.0. The molecule has 0 radical (unpaired) electrons. The van der Waals surface area contributed by atoms with Gasteiger partial charge in [0.1, 0.15) is 18.1 Å². The summed E-state index contributed by atoms with van der Waals surface area (Å²) in [5.74, 6) is 0.873. The fourth-order valence-corrected chi connectivity index (χ4v) is 6.09. The Bertz CT molecular complexity index is 1260. The number of rotatable bonds is 10. The molecule has 3 N–H and O–H groups in total. The van der Waals surface area contributed by atoms with Crippen LogP contribution < -0.4 is 10.1 Å². The number of aromatic hydroxyl groups is 2. The van der Waals surface area contributed by atoms with E-state index in [0.717, 1.165) is 56.6 Å². The molecule has 2 unspecified atom stereocenters. The molecule has 3 aromatic carbocycles. The van der Waals surface area contributed by atoms with E-state index in [1.165, 1.54) is 36.0 Å². The van der Waals surface area contributed by atoms with Gasteiger partial charge in [0.25, 0.3) is 0 Å². The summed E-state index contributed by atoms with van der Waals surface area (Å²) in [5, 5.41) is 23.8. The number of phenols is 2. The summed E-state index contributed by atoms with van der Waals surface area (Å²) in [6.07, 6.45) is 8.10. The Hall–Kier alpha value is -3.25. The maximum atomic E-state index is 14.9. The smallest absolute Gasteiger partial charge is 0.165 e. The summed E-state index contributed by atoms with van der Waals surface area (Å²) in [6.45, 7) is 5.68. The van der Waals surface area contributed by atoms with Gasteiger partial charge >= 0.3 is 0 Å². The minimum atomic E-state index is -0.314. The van der Waals surface area contributed by atoms with Crippen molar-refractivity contribution < 1.29 is 19.3 Å². The standard InChI is InChI=1S/C33H41FN2O3/c1-2-27(18-23-6-13-33(31(34)19-23)39-17-16-36-14-4-3-5-15-36)35-32-22-29(38)11-12-30(32)26-8-7-25-21-28(37)10-9-24(25)20-26/h6,9-13,19,21-22,26-27,35,37-38H,2-5,7-8,14-18,20H2,1H3. The molecular formula is C33H41FN2O3. The summed E-state index contributed by atoms with van der Waals surface area (Å²) in [4.78, 5) is 2.39. The van der Waals surface area contributed by atoms with Crippen LogP contribution in [0.4, 0.5) is 10.1 Å². The zero-order chi connectivity index (χ0) is 27.2. The lowest BCUT2D eigenvalue weighted by atomic mass is 9.79. The van der Waals surface area contributed by atoms with E-state index >= 15 is 0 Å². The lowest BCUT2D eigenvalue weighted by Gasteiger charge is -2.29. The molecule has 5 nitrogen and oxygen atoms in total. The van der Waals surface area contributed by atoms with Crippen molar-refractivity contribution in [1.82, 2.24) is 4.90 Å². The van der Waals surface area contributed by atoms with Crippen LogP contribution in [-0.2, 0) is 19.3 Å². The molecule has 5 rings (SSSR count). The van der Waals surface area contributed by atoms with Crippen LogP contribution in [0, 0.1) is 5.82 Å². The van der Waals surface area contributed by atoms with Crippen molar-refractivity contribution in [2.45, 2.75) is 70.3 Å². The lowest BCUT2D eigenvalue weighted by Crippen LogP contribution is -2.33. The number of hydrogen-bond acceptors (Lipinski definition) is 5. The van der Waals surface area contributed by atoms with Crippen molar-refractivity contribution in [3.05, 3.63) is 82.7 Å². The number of likely N-dealkylation sites (tertiary alicyclic amines) is 1. The van der Waals surface area contributed by atoms with Gasteiger partial charge < -0.3 is 20.3 Å². The number of piperidine rings is 1. The third kappa shape index (κ3) is 7.04. The lowest BCUT2D eigenvalue weighted by molar-refractivity contribution is 0.180. The van der Waals surface area contributed by atoms with Crippen molar-refractivity contribution in [2.24, 2.45) is 0 Å². The molecule has 1 saturated heterocycles. The monoisotopic (exact) mass is 532 g/mol. The SMILES string of the molecule is CCC(Cc1ccc(OCCN2CCCCC2)c(F)c1)Nc1cc(O)ccc1C1CCc2cc(O)ccc2C1. The third-order valence-electron chi connectivity index (χ3n) is 8.34. The Morgan fingerprint density at radius 1 is 0.974 bits per heavy atom. The van der Waals surface area contributed by atoms with E-state index in [4.69, 9.17) is 4.74 Å². The van der Waals surface area contributed by atoms with E-state index in [1.54, 1.807) is 24.3 Å². The zero-order valence-electron chi connectivity index (χ0n) is 23.0. The first-order valence-corrected chi connectivity index (χ1v) is 14.5. The van der Waals surface area contributed by atoms with Gasteiger partial charge in [-0.05, 0) is 117 Å². The topological polar surface area (TPSA) is 65.0 Å². The van der Waals surface area contributed by atoms with Gasteiger partial charge in [0.15, 0.2) is 11.6 Å². The molecule has 6 heteroatoms. The summed E-state index contributed by atoms with van der Waals surface area (Å²) in [5.41, 5.74) is 5.53. The van der Waals surface area contributed by atoms with Gasteiger partial charge in [-0.15, -0.1) is 0 Å². The van der Waals surface area contributed by atoms with Gasteiger partial charge in [-0.3, -0.25) is 4.90 Å². The quantitative estimate of drug-likeness (QED) is 0.268. The van der Waals surface area contributed by atoms with Crippen molar-refractivity contribution in [3.63, 3.8) is 0 Å². The minimum Gasteiger partial charge on any atom is -0.508 e. The highest BCUT2D eigenvalue weighted by atomic mass is 19.1. The van der Waals surface area contributed by atoms with E-state index < -0.39 is 0 Å². The molecule has 1 heterocycles. The number of benzene rings is 3. The van der Waals surface area contributed by atoms with Gasteiger partial charge in [-0.1, -0.05) is 31.5 Å². The van der Waals surface area contributed by atoms with Gasteiger partial charge in [0, 0.05) is 24.3 Å². The van der Waals surface area contributed by atoms with E-state index in [2.05, 4.69) is 17.1 Å². The minimum absolute atomic E-state index is 0.0867. The van der Waals surface area contributed by atoms with Gasteiger partial charge in [-0.25, -0.2) is 4.39 Å². The first kappa shape index (κ1) is 27.3. The molecule has 0 saturated carbocycles. The van der Waals surface area contributed by atoms with Crippen LogP contribution in [0.2, 0.25) is 0 Å². The first-order chi connectivity index (χ1) is 19.0. The number of ether oxygens (including phenoxy) is 1. The summed E-state index contributed by atoms with van der Waals surface area (Å²) >= 11 is 0. The number of fused-ring (bicyclic) bond motifs is 1. The number of phenolic OH excluding ortho intramolecular Hbond substituents is 2. The molecule has 3 aromatic rings. The number of nitrogens with zero attached hydrogens (tertiary/aromatic N) is 1. The van der Waals surface area contributed by atoms with Crippen LogP contribution in [0.15, 0.2) is 54.6 Å². The summed E-state index contributed by atoms with van der Waals surface area (Å²) < 4.78 is 20.7. The predicted molar refractivity (Wildman–Crippen MR) is 155 cm³/mol. The molecule has 0 amide bonds. The second kappa shape index (κ2) is 12.7. The maximum Gasteiger partial charge on any atom is 0.165 e. The predicted octanol–water partition coefficient (Wildman–Crippen LogP) is 6.81. The van der Waals surface area contributed by atoms with Crippen LogP contribution in [0.3, 0.4) is 0 Å². The van der Waals surface area contributed by atoms with Crippen LogP contribution in [0.1, 0.15) is 67.2 Å². The largest absolute Gasteiger partial charge is 0.508 e. The average molecular weight is 533 g/mol. The molecule has 208 valence electrons. The highest BCUT2D eigenvalue weighted by molar-refractivity contribution is 5.58. The van der Waals surface area contributed by atoms with Crippen LogP contribution in [-0.4, -0.2) is 47.4 Å². The van der Waals surface area contributed by atoms with Crippen molar-refractivity contribution >= 4 is 5.69 Å². The Morgan fingerprint density at radius 3 is 2.56 bits per heavy atom. The van der Waals surface area contributed by atoms with Crippen molar-refractivity contribution in [2.75, 3.05) is 31.6 Å². The second-order valence-electron chi connectivity index (χ2n) is 11.1. The fraction of sp³-hybridized carbons (Fsp3) is 0.455. The Morgan fingerprint density at radius 2 is 1.77 bits per heavy atom. The van der Waals surface area contributed by atoms with Crippen LogP contribution in [0.5, 0.6) is 17.2 Å². The molecule has 1 aliphatic heterocycles. The number of hydrogen-bond donors (Lipinski definition) is 3. The number of aryl methyl sites for hydroxylation is 1. The molecule has 1 aliphatic carbocycles. The molecule has 2 aliphatic rings. The summed E-state index contributed by atoms with van der Waals surface area (Å²) in [6, 6.07) is 16.6. The van der Waals surface area contributed by atoms with Gasteiger partial charge in [0.2, 0.25) is 0 Å². The van der Waals surface area contributed by atoms with E-state index in [9.17, 15) is 14.6 Å². The third-order valence-corrected chi connectivity index (χ3v) is 8.34.